The highest BCUT2D eigenvalue weighted by molar-refractivity contribution is 5.70. The molecule has 0 saturated heterocycles. The van der Waals surface area contributed by atoms with Crippen LogP contribution in [0.5, 0.6) is 5.75 Å². The molecule has 0 bridgehead atoms. The standard InChI is InChI=1S/C18H31N3O2/c1-5-6-7-8-9-10-14-21(4)18(22)23-17-12-11-13-19-16(17)15-20(2)3/h11-13H,5-10,14-15H2,1-4H3. The third kappa shape index (κ3) is 7.98. The van der Waals surface area contributed by atoms with Crippen molar-refractivity contribution in [3.63, 3.8) is 0 Å². The molecule has 0 unspecified atom stereocenters. The minimum Gasteiger partial charge on any atom is -0.408 e. The Morgan fingerprint density at radius 2 is 1.83 bits per heavy atom. The minimum atomic E-state index is -0.313. The average molecular weight is 321 g/mol. The molecule has 0 N–H and O–H groups in total. The van der Waals surface area contributed by atoms with Gasteiger partial charge in [-0.3, -0.25) is 4.98 Å². The lowest BCUT2D eigenvalue weighted by molar-refractivity contribution is 0.161. The summed E-state index contributed by atoms with van der Waals surface area (Å²) in [7, 11) is 5.71. The maximum atomic E-state index is 12.2. The number of pyridine rings is 1. The van der Waals surface area contributed by atoms with E-state index >= 15 is 0 Å². The van der Waals surface area contributed by atoms with Crippen molar-refractivity contribution in [3.05, 3.63) is 24.0 Å². The zero-order valence-electron chi connectivity index (χ0n) is 15.0. The first-order chi connectivity index (χ1) is 11.0. The lowest BCUT2D eigenvalue weighted by atomic mass is 10.1. The van der Waals surface area contributed by atoms with Crippen LogP contribution in [0, 0.1) is 0 Å². The van der Waals surface area contributed by atoms with Gasteiger partial charge in [0.2, 0.25) is 0 Å². The normalized spacial score (nSPS) is 10.8. The monoisotopic (exact) mass is 321 g/mol. The summed E-state index contributed by atoms with van der Waals surface area (Å²) in [5.74, 6) is 0.543. The number of ether oxygens (including phenoxy) is 1. The van der Waals surface area contributed by atoms with Crippen LogP contribution in [0.15, 0.2) is 18.3 Å². The summed E-state index contributed by atoms with van der Waals surface area (Å²) < 4.78 is 5.50. The largest absolute Gasteiger partial charge is 0.415 e. The molecule has 1 rings (SSSR count). The van der Waals surface area contributed by atoms with Crippen LogP contribution < -0.4 is 4.74 Å². The molecule has 0 atom stereocenters. The summed E-state index contributed by atoms with van der Waals surface area (Å²) in [6.07, 6.45) is 8.67. The number of carbonyl (C=O) groups is 1. The molecule has 0 saturated carbocycles. The topological polar surface area (TPSA) is 45.7 Å². The lowest BCUT2D eigenvalue weighted by Crippen LogP contribution is -2.31. The Labute approximate surface area is 140 Å². The Balaban J connectivity index is 2.40. The second-order valence-corrected chi connectivity index (χ2v) is 6.24. The Morgan fingerprint density at radius 3 is 2.52 bits per heavy atom. The molecule has 0 fully saturated rings. The van der Waals surface area contributed by atoms with Gasteiger partial charge in [0.25, 0.3) is 0 Å². The van der Waals surface area contributed by atoms with Gasteiger partial charge in [0.15, 0.2) is 5.75 Å². The highest BCUT2D eigenvalue weighted by atomic mass is 16.6. The third-order valence-electron chi connectivity index (χ3n) is 3.67. The molecule has 0 aliphatic carbocycles. The van der Waals surface area contributed by atoms with Gasteiger partial charge in [0, 0.05) is 26.3 Å². The fourth-order valence-corrected chi connectivity index (χ4v) is 2.33. The summed E-state index contributed by atoms with van der Waals surface area (Å²) in [4.78, 5) is 20.1. The van der Waals surface area contributed by atoms with Crippen molar-refractivity contribution in [3.8, 4) is 5.75 Å². The maximum Gasteiger partial charge on any atom is 0.415 e. The molecule has 23 heavy (non-hydrogen) atoms. The summed E-state index contributed by atoms with van der Waals surface area (Å²) >= 11 is 0. The second-order valence-electron chi connectivity index (χ2n) is 6.24. The molecule has 130 valence electrons. The van der Waals surface area contributed by atoms with Crippen LogP contribution >= 0.6 is 0 Å². The van der Waals surface area contributed by atoms with E-state index in [1.54, 1.807) is 30.3 Å². The van der Waals surface area contributed by atoms with E-state index < -0.39 is 0 Å². The number of hydrogen-bond donors (Lipinski definition) is 0. The predicted octanol–water partition coefficient (Wildman–Crippen LogP) is 3.93. The molecule has 5 nitrogen and oxygen atoms in total. The van der Waals surface area contributed by atoms with Gasteiger partial charge in [-0.1, -0.05) is 39.0 Å². The van der Waals surface area contributed by atoms with Crippen molar-refractivity contribution < 1.29 is 9.53 Å². The number of amides is 1. The second kappa shape index (κ2) is 11.0. The first-order valence-corrected chi connectivity index (χ1v) is 8.56. The van der Waals surface area contributed by atoms with E-state index in [0.29, 0.717) is 12.3 Å². The number of rotatable bonds is 10. The zero-order valence-corrected chi connectivity index (χ0v) is 15.0. The third-order valence-corrected chi connectivity index (χ3v) is 3.67. The van der Waals surface area contributed by atoms with E-state index in [0.717, 1.165) is 25.1 Å². The van der Waals surface area contributed by atoms with Gasteiger partial charge in [-0.25, -0.2) is 4.79 Å². The summed E-state index contributed by atoms with van der Waals surface area (Å²) in [5, 5.41) is 0. The summed E-state index contributed by atoms with van der Waals surface area (Å²) in [6, 6.07) is 3.58. The van der Waals surface area contributed by atoms with Crippen LogP contribution in [0.2, 0.25) is 0 Å². The molecular formula is C18H31N3O2. The zero-order chi connectivity index (χ0) is 17.1. The van der Waals surface area contributed by atoms with E-state index in [2.05, 4.69) is 11.9 Å². The molecular weight excluding hydrogens is 290 g/mol. The SMILES string of the molecule is CCCCCCCCN(C)C(=O)Oc1cccnc1CN(C)C. The van der Waals surface area contributed by atoms with E-state index in [9.17, 15) is 4.79 Å². The molecule has 0 spiro atoms. The van der Waals surface area contributed by atoms with Crippen molar-refractivity contribution >= 4 is 6.09 Å². The number of aromatic nitrogens is 1. The van der Waals surface area contributed by atoms with Gasteiger partial charge in [-0.05, 0) is 32.6 Å². The molecule has 0 radical (unpaired) electrons. The summed E-state index contributed by atoms with van der Waals surface area (Å²) in [6.45, 7) is 3.59. The van der Waals surface area contributed by atoms with Crippen molar-refractivity contribution in [1.29, 1.82) is 0 Å². The predicted molar refractivity (Wildman–Crippen MR) is 93.7 cm³/mol. The van der Waals surface area contributed by atoms with E-state index in [1.165, 1.54) is 25.7 Å². The van der Waals surface area contributed by atoms with Gasteiger partial charge < -0.3 is 14.5 Å². The number of hydrogen-bond acceptors (Lipinski definition) is 4. The number of carbonyl (C=O) groups excluding carboxylic acids is 1. The molecule has 1 amide bonds. The molecule has 0 aliphatic heterocycles. The lowest BCUT2D eigenvalue weighted by Gasteiger charge is -2.18. The number of nitrogens with zero attached hydrogens (tertiary/aromatic N) is 3. The highest BCUT2D eigenvalue weighted by Crippen LogP contribution is 2.17. The van der Waals surface area contributed by atoms with Crippen LogP contribution in [-0.2, 0) is 6.54 Å². The maximum absolute atomic E-state index is 12.2. The van der Waals surface area contributed by atoms with Crippen molar-refractivity contribution in [2.45, 2.75) is 52.0 Å². The van der Waals surface area contributed by atoms with Gasteiger partial charge in [-0.15, -0.1) is 0 Å². The van der Waals surface area contributed by atoms with E-state index in [4.69, 9.17) is 4.74 Å². The highest BCUT2D eigenvalue weighted by Gasteiger charge is 2.14. The van der Waals surface area contributed by atoms with Crippen molar-refractivity contribution in [2.75, 3.05) is 27.7 Å². The van der Waals surface area contributed by atoms with Crippen LogP contribution in [-0.4, -0.2) is 48.6 Å². The Morgan fingerprint density at radius 1 is 1.13 bits per heavy atom. The van der Waals surface area contributed by atoms with Crippen LogP contribution in [0.1, 0.15) is 51.1 Å². The minimum absolute atomic E-state index is 0.313. The van der Waals surface area contributed by atoms with E-state index in [1.807, 2.05) is 19.0 Å². The quantitative estimate of drug-likeness (QED) is 0.612. The van der Waals surface area contributed by atoms with Crippen molar-refractivity contribution in [2.24, 2.45) is 0 Å². The van der Waals surface area contributed by atoms with Gasteiger partial charge >= 0.3 is 6.09 Å². The Kier molecular flexibility index (Phi) is 9.29. The first-order valence-electron chi connectivity index (χ1n) is 8.56. The fourth-order valence-electron chi connectivity index (χ4n) is 2.33. The molecule has 0 aromatic carbocycles. The molecule has 1 aromatic heterocycles. The van der Waals surface area contributed by atoms with Gasteiger partial charge in [-0.2, -0.15) is 0 Å². The molecule has 5 heteroatoms. The Hall–Kier alpha value is -1.62. The first kappa shape index (κ1) is 19.4. The van der Waals surface area contributed by atoms with Crippen LogP contribution in [0.4, 0.5) is 4.79 Å². The molecule has 1 heterocycles. The van der Waals surface area contributed by atoms with Crippen molar-refractivity contribution in [1.82, 2.24) is 14.8 Å². The molecule has 0 aliphatic rings. The molecule has 1 aromatic rings. The smallest absolute Gasteiger partial charge is 0.408 e. The van der Waals surface area contributed by atoms with E-state index in [-0.39, 0.29) is 6.09 Å². The van der Waals surface area contributed by atoms with Gasteiger partial charge in [0.1, 0.15) is 0 Å². The average Bonchev–Trinajstić information content (AvgIpc) is 2.51. The van der Waals surface area contributed by atoms with Gasteiger partial charge in [0.05, 0.1) is 5.69 Å². The number of unbranched alkanes of at least 4 members (excludes halogenated alkanes) is 5. The van der Waals surface area contributed by atoms with Crippen LogP contribution in [0.3, 0.4) is 0 Å². The summed E-state index contributed by atoms with van der Waals surface area (Å²) in [5.41, 5.74) is 0.777. The van der Waals surface area contributed by atoms with Crippen LogP contribution in [0.25, 0.3) is 0 Å². The Bertz CT molecular complexity index is 463. The fraction of sp³-hybridized carbons (Fsp3) is 0.667.